The van der Waals surface area contributed by atoms with E-state index in [-0.39, 0.29) is 28.4 Å². The van der Waals surface area contributed by atoms with Crippen LogP contribution in [0, 0.1) is 0 Å². The second-order valence-electron chi connectivity index (χ2n) is 10.1. The molecule has 2 aliphatic heterocycles. The van der Waals surface area contributed by atoms with Gasteiger partial charge in [-0.15, -0.1) is 0 Å². The summed E-state index contributed by atoms with van der Waals surface area (Å²) in [6, 6.07) is 7.47. The molecule has 16 heteroatoms. The molecule has 0 saturated carbocycles. The molecule has 0 spiro atoms. The third-order valence-electron chi connectivity index (χ3n) is 7.25. The molecule has 2 fully saturated rings. The quantitative estimate of drug-likeness (QED) is 0.133. The van der Waals surface area contributed by atoms with Crippen molar-refractivity contribution in [1.29, 1.82) is 0 Å². The number of phenolic OH excluding ortho intramolecular Hbond substituents is 2. The van der Waals surface area contributed by atoms with Gasteiger partial charge < -0.3 is 74.4 Å². The Labute approximate surface area is 241 Å². The first-order valence-electron chi connectivity index (χ1n) is 13.0. The smallest absolute Gasteiger partial charge is 0.238 e. The zero-order chi connectivity index (χ0) is 31.2. The van der Waals surface area contributed by atoms with Crippen LogP contribution in [0.4, 0.5) is 0 Å². The number of benzene rings is 2. The van der Waals surface area contributed by atoms with E-state index in [0.29, 0.717) is 0 Å². The summed E-state index contributed by atoms with van der Waals surface area (Å²) >= 11 is 0. The molecule has 234 valence electrons. The lowest BCUT2D eigenvalue weighted by Crippen LogP contribution is -2.62. The van der Waals surface area contributed by atoms with Crippen LogP contribution in [0.15, 0.2) is 45.6 Å². The van der Waals surface area contributed by atoms with E-state index in [2.05, 4.69) is 0 Å². The summed E-state index contributed by atoms with van der Waals surface area (Å²) in [5.74, 6) is -2.03. The number of ether oxygens (including phenoxy) is 4. The van der Waals surface area contributed by atoms with Gasteiger partial charge in [0.25, 0.3) is 0 Å². The van der Waals surface area contributed by atoms with Crippen molar-refractivity contribution in [1.82, 2.24) is 0 Å². The SMILES string of the molecule is O=c1c(O)c(-c2ccc(O)cc2)oc2cc(OC3OC(COC4OC(CO)C(O)C(O)C4O)C(O)C(O)C3O)cc(O)c12. The highest BCUT2D eigenvalue weighted by Crippen LogP contribution is 2.37. The van der Waals surface area contributed by atoms with E-state index in [4.69, 9.17) is 23.4 Å². The second-order valence-corrected chi connectivity index (χ2v) is 10.1. The molecule has 2 saturated heterocycles. The monoisotopic (exact) mass is 610 g/mol. The summed E-state index contributed by atoms with van der Waals surface area (Å²) in [4.78, 5) is 12.8. The molecule has 1 aromatic heterocycles. The van der Waals surface area contributed by atoms with Crippen molar-refractivity contribution in [2.45, 2.75) is 61.4 Å². The molecule has 0 bridgehead atoms. The van der Waals surface area contributed by atoms with Crippen molar-refractivity contribution in [3.05, 3.63) is 46.6 Å². The minimum absolute atomic E-state index is 0.0741. The van der Waals surface area contributed by atoms with Crippen molar-refractivity contribution in [3.8, 4) is 34.3 Å². The van der Waals surface area contributed by atoms with Gasteiger partial charge in [-0.1, -0.05) is 0 Å². The van der Waals surface area contributed by atoms with Gasteiger partial charge in [0.15, 0.2) is 12.1 Å². The van der Waals surface area contributed by atoms with E-state index < -0.39 is 96.9 Å². The van der Waals surface area contributed by atoms with Crippen molar-refractivity contribution >= 4 is 11.0 Å². The summed E-state index contributed by atoms with van der Waals surface area (Å²) < 4.78 is 27.5. The van der Waals surface area contributed by atoms with Crippen LogP contribution < -0.4 is 10.2 Å². The first-order chi connectivity index (χ1) is 20.4. The number of phenols is 2. The fourth-order valence-electron chi connectivity index (χ4n) is 4.82. The number of fused-ring (bicyclic) bond motifs is 1. The van der Waals surface area contributed by atoms with E-state index in [1.807, 2.05) is 0 Å². The fourth-order valence-corrected chi connectivity index (χ4v) is 4.82. The maximum Gasteiger partial charge on any atom is 0.238 e. The van der Waals surface area contributed by atoms with Crippen LogP contribution in [0.1, 0.15) is 0 Å². The van der Waals surface area contributed by atoms with Crippen LogP contribution in [-0.2, 0) is 14.2 Å². The zero-order valence-corrected chi connectivity index (χ0v) is 22.1. The Hall–Kier alpha value is -3.55. The lowest BCUT2D eigenvalue weighted by atomic mass is 9.98. The van der Waals surface area contributed by atoms with Gasteiger partial charge in [-0.25, -0.2) is 0 Å². The maximum absolute atomic E-state index is 12.8. The lowest BCUT2D eigenvalue weighted by Gasteiger charge is -2.42. The van der Waals surface area contributed by atoms with Crippen LogP contribution in [0.25, 0.3) is 22.3 Å². The summed E-state index contributed by atoms with van der Waals surface area (Å²) in [5.41, 5.74) is -0.981. The Bertz CT molecular complexity index is 1490. The number of rotatable bonds is 7. The molecule has 2 aromatic carbocycles. The second kappa shape index (κ2) is 12.2. The van der Waals surface area contributed by atoms with Crippen LogP contribution in [0.3, 0.4) is 0 Å². The predicted octanol–water partition coefficient (Wildman–Crippen LogP) is -2.42. The molecule has 0 amide bonds. The van der Waals surface area contributed by atoms with E-state index in [9.17, 15) is 55.9 Å². The molecule has 10 N–H and O–H groups in total. The van der Waals surface area contributed by atoms with Crippen LogP contribution in [0.2, 0.25) is 0 Å². The van der Waals surface area contributed by atoms with Gasteiger partial charge in [-0.05, 0) is 24.3 Å². The van der Waals surface area contributed by atoms with Crippen molar-refractivity contribution in [3.63, 3.8) is 0 Å². The summed E-state index contributed by atoms with van der Waals surface area (Å²) in [6.45, 7) is -1.30. The first kappa shape index (κ1) is 30.9. The largest absolute Gasteiger partial charge is 0.508 e. The number of aliphatic hydroxyl groups is 7. The topological polar surface area (TPSA) is 269 Å². The van der Waals surface area contributed by atoms with E-state index in [1.54, 1.807) is 0 Å². The Balaban J connectivity index is 1.37. The molecule has 0 aliphatic carbocycles. The van der Waals surface area contributed by atoms with Gasteiger partial charge in [-0.2, -0.15) is 0 Å². The normalized spacial score (nSPS) is 33.0. The third kappa shape index (κ3) is 5.85. The van der Waals surface area contributed by atoms with Crippen molar-refractivity contribution in [2.24, 2.45) is 0 Å². The molecule has 2 aliphatic rings. The van der Waals surface area contributed by atoms with Crippen molar-refractivity contribution < 1.29 is 74.4 Å². The molecule has 3 aromatic rings. The van der Waals surface area contributed by atoms with Gasteiger partial charge in [0, 0.05) is 17.7 Å². The van der Waals surface area contributed by atoms with Gasteiger partial charge in [0.2, 0.25) is 17.5 Å². The van der Waals surface area contributed by atoms with Gasteiger partial charge in [0.05, 0.1) is 13.2 Å². The summed E-state index contributed by atoms with van der Waals surface area (Å²) in [6.07, 6.45) is -16.5. The van der Waals surface area contributed by atoms with Crippen LogP contribution in [-0.4, -0.2) is 126 Å². The Morgan fingerprint density at radius 1 is 0.744 bits per heavy atom. The minimum atomic E-state index is -1.84. The fraction of sp³-hybridized carbons (Fsp3) is 0.444. The summed E-state index contributed by atoms with van der Waals surface area (Å²) in [5, 5.41) is 101. The number of aromatic hydroxyl groups is 3. The molecule has 16 nitrogen and oxygen atoms in total. The highest BCUT2D eigenvalue weighted by molar-refractivity contribution is 5.88. The molecular weight excluding hydrogens is 580 g/mol. The molecular formula is C27H30O16. The van der Waals surface area contributed by atoms with Crippen molar-refractivity contribution in [2.75, 3.05) is 13.2 Å². The van der Waals surface area contributed by atoms with Crippen LogP contribution >= 0.6 is 0 Å². The summed E-state index contributed by atoms with van der Waals surface area (Å²) in [7, 11) is 0. The minimum Gasteiger partial charge on any atom is -0.508 e. The van der Waals surface area contributed by atoms with Gasteiger partial charge in [0.1, 0.15) is 77.0 Å². The maximum atomic E-state index is 12.8. The third-order valence-corrected chi connectivity index (χ3v) is 7.25. The molecule has 5 rings (SSSR count). The number of hydrogen-bond acceptors (Lipinski definition) is 16. The average Bonchev–Trinajstić information content (AvgIpc) is 2.98. The molecule has 43 heavy (non-hydrogen) atoms. The standard InChI is InChI=1S/C27H30O16/c28-7-14-17(31)20(34)23(37)26(42-14)39-8-15-18(32)21(35)24(38)27(43-15)40-11-5-12(30)16-13(6-11)41-25(22(36)19(16)33)9-1-3-10(29)4-2-9/h1-6,14-15,17-18,20-21,23-24,26-32,34-38H,7-8H2. The molecule has 10 unspecified atom stereocenters. The van der Waals surface area contributed by atoms with E-state index >= 15 is 0 Å². The number of aliphatic hydroxyl groups excluding tert-OH is 7. The lowest BCUT2D eigenvalue weighted by molar-refractivity contribution is -0.323. The highest BCUT2D eigenvalue weighted by atomic mass is 16.7. The first-order valence-corrected chi connectivity index (χ1v) is 13.0. The predicted molar refractivity (Wildman–Crippen MR) is 140 cm³/mol. The Morgan fingerprint density at radius 2 is 1.35 bits per heavy atom. The van der Waals surface area contributed by atoms with Gasteiger partial charge >= 0.3 is 0 Å². The Morgan fingerprint density at radius 3 is 2.00 bits per heavy atom. The molecule has 3 heterocycles. The van der Waals surface area contributed by atoms with Gasteiger partial charge in [-0.3, -0.25) is 4.79 Å². The van der Waals surface area contributed by atoms with E-state index in [0.717, 1.165) is 12.1 Å². The average molecular weight is 611 g/mol. The number of hydrogen-bond donors (Lipinski definition) is 10. The Kier molecular flexibility index (Phi) is 8.77. The molecule has 10 atom stereocenters. The van der Waals surface area contributed by atoms with E-state index in [1.165, 1.54) is 24.3 Å². The van der Waals surface area contributed by atoms with Crippen LogP contribution in [0.5, 0.6) is 23.0 Å². The highest BCUT2D eigenvalue weighted by Gasteiger charge is 2.48. The zero-order valence-electron chi connectivity index (χ0n) is 22.1. The molecule has 0 radical (unpaired) electrons.